The van der Waals surface area contributed by atoms with Crippen molar-refractivity contribution in [1.29, 1.82) is 0 Å². The second-order valence-corrected chi connectivity index (χ2v) is 4.68. The lowest BCUT2D eigenvalue weighted by molar-refractivity contribution is 0.177. The van der Waals surface area contributed by atoms with Crippen LogP contribution in [0.5, 0.6) is 0 Å². The van der Waals surface area contributed by atoms with Crippen LogP contribution in [0.2, 0.25) is 0 Å². The van der Waals surface area contributed by atoms with Crippen molar-refractivity contribution in [1.82, 2.24) is 0 Å². The van der Waals surface area contributed by atoms with Gasteiger partial charge in [0, 0.05) is 11.1 Å². The van der Waals surface area contributed by atoms with Crippen LogP contribution in [0, 0.1) is 0 Å². The molecule has 0 aliphatic heterocycles. The Balaban J connectivity index is 2.20. The first kappa shape index (κ1) is 10.6. The largest absolute Gasteiger partial charge is 0.458 e. The van der Waals surface area contributed by atoms with Crippen LogP contribution in [0.4, 0.5) is 0 Å². The van der Waals surface area contributed by atoms with Crippen LogP contribution in [-0.2, 0) is 0 Å². The zero-order valence-electron chi connectivity index (χ0n) is 8.64. The summed E-state index contributed by atoms with van der Waals surface area (Å²) >= 11 is 1.71. The summed E-state index contributed by atoms with van der Waals surface area (Å²) in [6.07, 6.45) is -0.498. The number of hydrogen-bond acceptors (Lipinski definition) is 3. The van der Waals surface area contributed by atoms with E-state index in [1.54, 1.807) is 11.8 Å². The second kappa shape index (κ2) is 4.73. The number of aliphatic hydroxyl groups is 1. The molecule has 15 heavy (non-hydrogen) atoms. The third kappa shape index (κ3) is 2.36. The van der Waals surface area contributed by atoms with Crippen molar-refractivity contribution >= 4 is 22.7 Å². The Hall–Kier alpha value is -0.930. The summed E-state index contributed by atoms with van der Waals surface area (Å²) in [5.41, 5.74) is 0.841. The maximum atomic E-state index is 9.84. The lowest BCUT2D eigenvalue weighted by Gasteiger charge is -2.04. The van der Waals surface area contributed by atoms with Crippen molar-refractivity contribution in [2.75, 3.05) is 11.5 Å². The zero-order valence-corrected chi connectivity index (χ0v) is 9.46. The van der Waals surface area contributed by atoms with Crippen LogP contribution < -0.4 is 0 Å². The fourth-order valence-electron chi connectivity index (χ4n) is 1.48. The Kier molecular flexibility index (Phi) is 3.34. The highest BCUT2D eigenvalue weighted by Gasteiger charge is 2.12. The molecule has 1 unspecified atom stereocenters. The predicted molar refractivity (Wildman–Crippen MR) is 64.2 cm³/mol. The molecule has 0 aliphatic carbocycles. The molecule has 1 N–H and O–H groups in total. The predicted octanol–water partition coefficient (Wildman–Crippen LogP) is 3.22. The Morgan fingerprint density at radius 2 is 2.20 bits per heavy atom. The molecule has 0 bridgehead atoms. The number of aliphatic hydroxyl groups excluding tert-OH is 1. The molecular weight excluding hydrogens is 208 g/mol. The van der Waals surface area contributed by atoms with E-state index in [1.807, 2.05) is 30.3 Å². The van der Waals surface area contributed by atoms with Crippen LogP contribution >= 0.6 is 11.8 Å². The van der Waals surface area contributed by atoms with Crippen molar-refractivity contribution in [2.24, 2.45) is 0 Å². The molecule has 1 aromatic carbocycles. The van der Waals surface area contributed by atoms with Crippen LogP contribution in [0.3, 0.4) is 0 Å². The first-order chi connectivity index (χ1) is 7.31. The summed E-state index contributed by atoms with van der Waals surface area (Å²) < 4.78 is 5.56. The number of hydrogen-bond donors (Lipinski definition) is 1. The van der Waals surface area contributed by atoms with Gasteiger partial charge in [-0.15, -0.1) is 0 Å². The van der Waals surface area contributed by atoms with Crippen LogP contribution in [0.15, 0.2) is 34.7 Å². The van der Waals surface area contributed by atoms with Gasteiger partial charge in [0.2, 0.25) is 0 Å². The molecule has 80 valence electrons. The van der Waals surface area contributed by atoms with Gasteiger partial charge in [0.05, 0.1) is 0 Å². The molecule has 2 nitrogen and oxygen atoms in total. The first-order valence-corrected chi connectivity index (χ1v) is 6.21. The van der Waals surface area contributed by atoms with Crippen LogP contribution in [-0.4, -0.2) is 16.6 Å². The molecule has 2 rings (SSSR count). The number of furan rings is 1. The van der Waals surface area contributed by atoms with Gasteiger partial charge in [0.1, 0.15) is 17.4 Å². The minimum Gasteiger partial charge on any atom is -0.458 e. The van der Waals surface area contributed by atoms with E-state index in [2.05, 4.69) is 6.92 Å². The summed E-state index contributed by atoms with van der Waals surface area (Å²) in [6.45, 7) is 2.08. The van der Waals surface area contributed by atoms with E-state index in [9.17, 15) is 5.11 Å². The molecular formula is C12H14O2S. The van der Waals surface area contributed by atoms with Gasteiger partial charge in [-0.1, -0.05) is 25.1 Å². The molecule has 1 atom stereocenters. The number of thioether (sulfide) groups is 1. The van der Waals surface area contributed by atoms with Crippen molar-refractivity contribution < 1.29 is 9.52 Å². The summed E-state index contributed by atoms with van der Waals surface area (Å²) in [5, 5.41) is 10.9. The minimum atomic E-state index is -0.498. The first-order valence-electron chi connectivity index (χ1n) is 5.05. The fraction of sp³-hybridized carbons (Fsp3) is 0.333. The number of benzene rings is 1. The average molecular weight is 222 g/mol. The highest BCUT2D eigenvalue weighted by atomic mass is 32.2. The second-order valence-electron chi connectivity index (χ2n) is 3.36. The van der Waals surface area contributed by atoms with Gasteiger partial charge in [-0.2, -0.15) is 11.8 Å². The molecule has 0 radical (unpaired) electrons. The van der Waals surface area contributed by atoms with E-state index in [4.69, 9.17) is 4.42 Å². The third-order valence-corrected chi connectivity index (χ3v) is 3.21. The molecule has 0 spiro atoms. The van der Waals surface area contributed by atoms with Crippen molar-refractivity contribution in [3.05, 3.63) is 36.1 Å². The van der Waals surface area contributed by atoms with Crippen molar-refractivity contribution in [2.45, 2.75) is 13.0 Å². The van der Waals surface area contributed by atoms with E-state index < -0.39 is 6.10 Å². The number of rotatable bonds is 4. The normalized spacial score (nSPS) is 13.2. The molecule has 1 heterocycles. The zero-order chi connectivity index (χ0) is 10.7. The smallest absolute Gasteiger partial charge is 0.134 e. The lowest BCUT2D eigenvalue weighted by atomic mass is 10.2. The molecule has 0 saturated heterocycles. The maximum absolute atomic E-state index is 9.84. The van der Waals surface area contributed by atoms with E-state index >= 15 is 0 Å². The molecule has 0 amide bonds. The summed E-state index contributed by atoms with van der Waals surface area (Å²) in [5.74, 6) is 2.37. The van der Waals surface area contributed by atoms with Gasteiger partial charge >= 0.3 is 0 Å². The Morgan fingerprint density at radius 3 is 2.93 bits per heavy atom. The van der Waals surface area contributed by atoms with Gasteiger partial charge in [-0.25, -0.2) is 0 Å². The SMILES string of the molecule is CCSCC(O)c1cc2ccccc2o1. The van der Waals surface area contributed by atoms with Crippen LogP contribution in [0.1, 0.15) is 18.8 Å². The van der Waals surface area contributed by atoms with E-state index in [0.717, 1.165) is 16.7 Å². The monoisotopic (exact) mass is 222 g/mol. The number of para-hydroxylation sites is 1. The molecule has 3 heteroatoms. The lowest BCUT2D eigenvalue weighted by Crippen LogP contribution is -1.98. The summed E-state index contributed by atoms with van der Waals surface area (Å²) in [6, 6.07) is 9.72. The van der Waals surface area contributed by atoms with Gasteiger partial charge in [0.25, 0.3) is 0 Å². The Labute approximate surface area is 93.3 Å². The average Bonchev–Trinajstić information content (AvgIpc) is 2.69. The van der Waals surface area contributed by atoms with E-state index in [-0.39, 0.29) is 0 Å². The number of fused-ring (bicyclic) bond motifs is 1. The fourth-order valence-corrected chi connectivity index (χ4v) is 2.10. The van der Waals surface area contributed by atoms with Gasteiger partial charge < -0.3 is 9.52 Å². The van der Waals surface area contributed by atoms with E-state index in [1.165, 1.54) is 0 Å². The van der Waals surface area contributed by atoms with Gasteiger partial charge in [-0.3, -0.25) is 0 Å². The summed E-state index contributed by atoms with van der Waals surface area (Å²) in [7, 11) is 0. The van der Waals surface area contributed by atoms with Crippen molar-refractivity contribution in [3.8, 4) is 0 Å². The standard InChI is InChI=1S/C12H14O2S/c1-2-15-8-10(13)12-7-9-5-3-4-6-11(9)14-12/h3-7,10,13H,2,8H2,1H3. The molecule has 0 saturated carbocycles. The van der Waals surface area contributed by atoms with Gasteiger partial charge in [0.15, 0.2) is 0 Å². The van der Waals surface area contributed by atoms with Crippen LogP contribution in [0.25, 0.3) is 11.0 Å². The maximum Gasteiger partial charge on any atom is 0.134 e. The molecule has 0 fully saturated rings. The third-order valence-electron chi connectivity index (χ3n) is 2.25. The molecule has 2 aromatic rings. The minimum absolute atomic E-state index is 0.498. The topological polar surface area (TPSA) is 33.4 Å². The highest BCUT2D eigenvalue weighted by Crippen LogP contribution is 2.25. The Bertz CT molecular complexity index is 403. The van der Waals surface area contributed by atoms with E-state index in [0.29, 0.717) is 11.5 Å². The van der Waals surface area contributed by atoms with Gasteiger partial charge in [-0.05, 0) is 17.9 Å². The molecule has 0 aliphatic rings. The molecule has 1 aromatic heterocycles. The quantitative estimate of drug-likeness (QED) is 0.862. The highest BCUT2D eigenvalue weighted by molar-refractivity contribution is 7.99. The summed E-state index contributed by atoms with van der Waals surface area (Å²) in [4.78, 5) is 0. The Morgan fingerprint density at radius 1 is 1.40 bits per heavy atom. The van der Waals surface area contributed by atoms with Crippen molar-refractivity contribution in [3.63, 3.8) is 0 Å².